The molecule has 1 N–H and O–H groups in total. The summed E-state index contributed by atoms with van der Waals surface area (Å²) in [5, 5.41) is 2.99. The number of carbonyl (C=O) groups is 2. The van der Waals surface area contributed by atoms with Crippen LogP contribution in [0.25, 0.3) is 0 Å². The van der Waals surface area contributed by atoms with Gasteiger partial charge in [0.2, 0.25) is 0 Å². The first-order chi connectivity index (χ1) is 11.5. The van der Waals surface area contributed by atoms with Gasteiger partial charge in [-0.15, -0.1) is 0 Å². The second kappa shape index (κ2) is 8.05. The van der Waals surface area contributed by atoms with Crippen LogP contribution in [0.2, 0.25) is 0 Å². The standard InChI is InChI=1S/C17H15F2NO4/c1-11(21)10-23-16(22)14-4-2-3-5-15(14)20-12-6-8-13(9-7-12)24-17(18)19/h2-9,17,20H,10H2,1H3. The highest BCUT2D eigenvalue weighted by Gasteiger charge is 2.13. The topological polar surface area (TPSA) is 64.6 Å². The molecule has 0 aliphatic rings. The summed E-state index contributed by atoms with van der Waals surface area (Å²) in [5.74, 6) is -0.862. The molecule has 0 atom stereocenters. The molecular formula is C17H15F2NO4. The van der Waals surface area contributed by atoms with Crippen LogP contribution in [0.4, 0.5) is 20.2 Å². The van der Waals surface area contributed by atoms with Crippen LogP contribution in [0.5, 0.6) is 5.75 Å². The molecule has 0 saturated carbocycles. The number of para-hydroxylation sites is 1. The van der Waals surface area contributed by atoms with Gasteiger partial charge in [-0.25, -0.2) is 4.79 Å². The smallest absolute Gasteiger partial charge is 0.387 e. The number of ether oxygens (including phenoxy) is 2. The average molecular weight is 335 g/mol. The van der Waals surface area contributed by atoms with Crippen LogP contribution in [0.15, 0.2) is 48.5 Å². The van der Waals surface area contributed by atoms with Crippen LogP contribution < -0.4 is 10.1 Å². The molecule has 0 heterocycles. The lowest BCUT2D eigenvalue weighted by atomic mass is 10.1. The van der Waals surface area contributed by atoms with Crippen molar-refractivity contribution in [2.45, 2.75) is 13.5 Å². The van der Waals surface area contributed by atoms with Crippen LogP contribution in [0.1, 0.15) is 17.3 Å². The van der Waals surface area contributed by atoms with E-state index in [4.69, 9.17) is 4.74 Å². The number of hydrogen-bond acceptors (Lipinski definition) is 5. The van der Waals surface area contributed by atoms with Gasteiger partial charge in [0.25, 0.3) is 0 Å². The van der Waals surface area contributed by atoms with Gasteiger partial charge in [0.05, 0.1) is 11.3 Å². The second-order valence-electron chi connectivity index (χ2n) is 4.85. The highest BCUT2D eigenvalue weighted by atomic mass is 19.3. The zero-order chi connectivity index (χ0) is 17.5. The monoisotopic (exact) mass is 335 g/mol. The molecule has 0 unspecified atom stereocenters. The van der Waals surface area contributed by atoms with E-state index >= 15 is 0 Å². The number of carbonyl (C=O) groups excluding carboxylic acids is 2. The lowest BCUT2D eigenvalue weighted by Crippen LogP contribution is -2.12. The second-order valence-corrected chi connectivity index (χ2v) is 4.85. The summed E-state index contributed by atoms with van der Waals surface area (Å²) in [5.41, 5.74) is 1.30. The molecular weight excluding hydrogens is 320 g/mol. The molecule has 0 fully saturated rings. The summed E-state index contributed by atoms with van der Waals surface area (Å²) >= 11 is 0. The molecule has 0 aromatic heterocycles. The fourth-order valence-electron chi connectivity index (χ4n) is 1.89. The third-order valence-electron chi connectivity index (χ3n) is 2.91. The van der Waals surface area contributed by atoms with Crippen molar-refractivity contribution in [3.8, 4) is 5.75 Å². The van der Waals surface area contributed by atoms with Gasteiger partial charge in [0, 0.05) is 5.69 Å². The van der Waals surface area contributed by atoms with Crippen molar-refractivity contribution in [3.05, 3.63) is 54.1 Å². The predicted octanol–water partition coefficient (Wildman–Crippen LogP) is 3.78. The minimum Gasteiger partial charge on any atom is -0.454 e. The van der Waals surface area contributed by atoms with E-state index in [1.165, 1.54) is 31.2 Å². The fraction of sp³-hybridized carbons (Fsp3) is 0.176. The molecule has 2 rings (SSSR count). The number of Topliss-reactive ketones (excluding diaryl/α,β-unsaturated/α-hetero) is 1. The summed E-state index contributed by atoms with van der Waals surface area (Å²) in [6.45, 7) is -1.87. The van der Waals surface area contributed by atoms with Crippen molar-refractivity contribution in [1.82, 2.24) is 0 Å². The van der Waals surface area contributed by atoms with Crippen molar-refractivity contribution in [1.29, 1.82) is 0 Å². The van der Waals surface area contributed by atoms with Crippen molar-refractivity contribution < 1.29 is 27.8 Å². The average Bonchev–Trinajstić information content (AvgIpc) is 2.54. The number of hydrogen-bond donors (Lipinski definition) is 1. The summed E-state index contributed by atoms with van der Waals surface area (Å²) in [6.07, 6.45) is 0. The normalized spacial score (nSPS) is 10.3. The van der Waals surface area contributed by atoms with Crippen molar-refractivity contribution in [3.63, 3.8) is 0 Å². The Hall–Kier alpha value is -2.96. The van der Waals surface area contributed by atoms with E-state index in [0.29, 0.717) is 11.4 Å². The molecule has 126 valence electrons. The largest absolute Gasteiger partial charge is 0.454 e. The van der Waals surface area contributed by atoms with Crippen molar-refractivity contribution in [2.24, 2.45) is 0 Å². The van der Waals surface area contributed by atoms with Gasteiger partial charge in [0.1, 0.15) is 12.4 Å². The maximum absolute atomic E-state index is 12.1. The summed E-state index contributed by atoms with van der Waals surface area (Å²) in [4.78, 5) is 22.9. The summed E-state index contributed by atoms with van der Waals surface area (Å²) in [6, 6.07) is 12.4. The lowest BCUT2D eigenvalue weighted by molar-refractivity contribution is -0.120. The van der Waals surface area contributed by atoms with Gasteiger partial charge in [-0.2, -0.15) is 8.78 Å². The van der Waals surface area contributed by atoms with Gasteiger partial charge in [-0.1, -0.05) is 12.1 Å². The van der Waals surface area contributed by atoms with E-state index in [1.807, 2.05) is 0 Å². The first-order valence-electron chi connectivity index (χ1n) is 7.03. The van der Waals surface area contributed by atoms with Crippen molar-refractivity contribution >= 4 is 23.1 Å². The first-order valence-corrected chi connectivity index (χ1v) is 7.03. The quantitative estimate of drug-likeness (QED) is 0.780. The summed E-state index contributed by atoms with van der Waals surface area (Å²) in [7, 11) is 0. The molecule has 0 saturated heterocycles. The minimum atomic E-state index is -2.89. The van der Waals surface area contributed by atoms with E-state index in [9.17, 15) is 18.4 Å². The van der Waals surface area contributed by atoms with Gasteiger partial charge < -0.3 is 14.8 Å². The SMILES string of the molecule is CC(=O)COC(=O)c1ccccc1Nc1ccc(OC(F)F)cc1. The minimum absolute atomic E-state index is 0.0321. The number of benzene rings is 2. The molecule has 2 aromatic rings. The number of esters is 1. The van der Waals surface area contributed by atoms with E-state index in [-0.39, 0.29) is 23.7 Å². The van der Waals surface area contributed by atoms with Gasteiger partial charge in [0.15, 0.2) is 5.78 Å². The van der Waals surface area contributed by atoms with E-state index in [0.717, 1.165) is 0 Å². The van der Waals surface area contributed by atoms with Crippen LogP contribution in [0, 0.1) is 0 Å². The Kier molecular flexibility index (Phi) is 5.83. The van der Waals surface area contributed by atoms with Crippen molar-refractivity contribution in [2.75, 3.05) is 11.9 Å². The molecule has 0 amide bonds. The molecule has 2 aromatic carbocycles. The fourth-order valence-corrected chi connectivity index (χ4v) is 1.89. The number of rotatable bonds is 7. The molecule has 5 nitrogen and oxygen atoms in total. The molecule has 0 aliphatic carbocycles. The maximum atomic E-state index is 12.1. The Balaban J connectivity index is 2.12. The van der Waals surface area contributed by atoms with Gasteiger partial charge in [-0.3, -0.25) is 4.79 Å². The Labute approximate surface area is 137 Å². The van der Waals surface area contributed by atoms with Crippen LogP contribution in [0.3, 0.4) is 0 Å². The Morgan fingerprint density at radius 3 is 2.38 bits per heavy atom. The lowest BCUT2D eigenvalue weighted by Gasteiger charge is -2.12. The highest BCUT2D eigenvalue weighted by molar-refractivity contribution is 5.97. The van der Waals surface area contributed by atoms with Gasteiger partial charge in [-0.05, 0) is 43.3 Å². The highest BCUT2D eigenvalue weighted by Crippen LogP contribution is 2.24. The van der Waals surface area contributed by atoms with E-state index in [1.54, 1.807) is 24.3 Å². The predicted molar refractivity (Wildman–Crippen MR) is 83.8 cm³/mol. The number of nitrogens with one attached hydrogen (secondary N) is 1. The number of anilines is 2. The number of alkyl halides is 2. The third kappa shape index (κ3) is 5.05. The zero-order valence-corrected chi connectivity index (χ0v) is 12.8. The maximum Gasteiger partial charge on any atom is 0.387 e. The molecule has 0 aliphatic heterocycles. The Bertz CT molecular complexity index is 717. The Morgan fingerprint density at radius 1 is 1.08 bits per heavy atom. The molecule has 7 heteroatoms. The van der Waals surface area contributed by atoms with E-state index in [2.05, 4.69) is 10.1 Å². The molecule has 0 bridgehead atoms. The van der Waals surface area contributed by atoms with Crippen LogP contribution >= 0.6 is 0 Å². The zero-order valence-electron chi connectivity index (χ0n) is 12.8. The first kappa shape index (κ1) is 17.4. The molecule has 24 heavy (non-hydrogen) atoms. The van der Waals surface area contributed by atoms with E-state index < -0.39 is 12.6 Å². The third-order valence-corrected chi connectivity index (χ3v) is 2.91. The van der Waals surface area contributed by atoms with Crippen LogP contribution in [-0.4, -0.2) is 25.0 Å². The van der Waals surface area contributed by atoms with Gasteiger partial charge >= 0.3 is 12.6 Å². The van der Waals surface area contributed by atoms with Crippen LogP contribution in [-0.2, 0) is 9.53 Å². The summed E-state index contributed by atoms with van der Waals surface area (Å²) < 4.78 is 33.4. The Morgan fingerprint density at radius 2 is 1.75 bits per heavy atom. The molecule has 0 radical (unpaired) electrons. The number of halogens is 2. The molecule has 0 spiro atoms. The number of ketones is 1.